The Bertz CT molecular complexity index is 972. The average Bonchev–Trinajstić information content (AvgIpc) is 2.42. The summed E-state index contributed by atoms with van der Waals surface area (Å²) in [5.41, 5.74) is 0.0256. The van der Waals surface area contributed by atoms with E-state index in [0.717, 1.165) is 36.4 Å². The Morgan fingerprint density at radius 1 is 1.09 bits per heavy atom. The van der Waals surface area contributed by atoms with Gasteiger partial charge in [-0.3, -0.25) is 4.72 Å². The third kappa shape index (κ3) is 3.78. The highest BCUT2D eigenvalue weighted by Gasteiger charge is 2.19. The van der Waals surface area contributed by atoms with Crippen molar-refractivity contribution in [2.24, 2.45) is 5.14 Å². The topological polar surface area (TPSA) is 127 Å². The largest absolute Gasteiger partial charge is 0.507 e. The van der Waals surface area contributed by atoms with Crippen LogP contribution in [0.2, 0.25) is 0 Å². The maximum atomic E-state index is 13.2. The summed E-state index contributed by atoms with van der Waals surface area (Å²) in [4.78, 5) is -0.811. The zero-order chi connectivity index (χ0) is 17.4. The van der Waals surface area contributed by atoms with Crippen LogP contribution in [-0.2, 0) is 20.0 Å². The Labute approximate surface area is 132 Å². The van der Waals surface area contributed by atoms with Crippen molar-refractivity contribution in [2.75, 3.05) is 4.72 Å². The van der Waals surface area contributed by atoms with Crippen LogP contribution in [0.25, 0.3) is 0 Å². The highest BCUT2D eigenvalue weighted by atomic mass is 32.2. The number of phenolic OH excluding ortho intramolecular Hbond substituents is 1. The molecule has 7 nitrogen and oxygen atoms in total. The smallest absolute Gasteiger partial charge is 0.261 e. The molecule has 2 rings (SSSR count). The highest BCUT2D eigenvalue weighted by Crippen LogP contribution is 2.26. The molecule has 0 saturated carbocycles. The molecule has 0 aliphatic carbocycles. The zero-order valence-corrected chi connectivity index (χ0v) is 13.4. The van der Waals surface area contributed by atoms with Crippen molar-refractivity contribution >= 4 is 25.7 Å². The molecule has 0 aliphatic heterocycles. The zero-order valence-electron chi connectivity index (χ0n) is 11.8. The van der Waals surface area contributed by atoms with Crippen LogP contribution in [0.5, 0.6) is 5.75 Å². The average molecular weight is 360 g/mol. The molecule has 0 radical (unpaired) electrons. The number of rotatable bonds is 4. The Hall–Kier alpha value is -2.17. The van der Waals surface area contributed by atoms with Crippen LogP contribution in [0, 0.1) is 12.7 Å². The normalized spacial score (nSPS) is 12.1. The van der Waals surface area contributed by atoms with Crippen molar-refractivity contribution in [1.82, 2.24) is 0 Å². The second-order valence-electron chi connectivity index (χ2n) is 4.74. The molecule has 0 spiro atoms. The first-order valence-corrected chi connectivity index (χ1v) is 9.18. The van der Waals surface area contributed by atoms with E-state index < -0.39 is 36.5 Å². The molecule has 10 heteroatoms. The van der Waals surface area contributed by atoms with E-state index in [2.05, 4.69) is 4.72 Å². The molecule has 4 N–H and O–H groups in total. The van der Waals surface area contributed by atoms with Crippen molar-refractivity contribution < 1.29 is 26.3 Å². The lowest BCUT2D eigenvalue weighted by atomic mass is 10.2. The quantitative estimate of drug-likeness (QED) is 0.708. The maximum absolute atomic E-state index is 13.2. The summed E-state index contributed by atoms with van der Waals surface area (Å²) in [6, 6.07) is 6.27. The van der Waals surface area contributed by atoms with E-state index in [1.165, 1.54) is 6.92 Å². The molecule has 0 unspecified atom stereocenters. The van der Waals surface area contributed by atoms with E-state index in [0.29, 0.717) is 0 Å². The molecule has 0 heterocycles. The van der Waals surface area contributed by atoms with Gasteiger partial charge >= 0.3 is 0 Å². The molecule has 2 aromatic rings. The van der Waals surface area contributed by atoms with Crippen LogP contribution in [0.3, 0.4) is 0 Å². The van der Waals surface area contributed by atoms with Gasteiger partial charge in [0.2, 0.25) is 10.0 Å². The van der Waals surface area contributed by atoms with E-state index >= 15 is 0 Å². The number of sulfonamides is 2. The van der Waals surface area contributed by atoms with E-state index in [-0.39, 0.29) is 16.1 Å². The second kappa shape index (κ2) is 5.80. The summed E-state index contributed by atoms with van der Waals surface area (Å²) >= 11 is 0. The van der Waals surface area contributed by atoms with Crippen LogP contribution in [0.4, 0.5) is 10.1 Å². The molecule has 0 aliphatic rings. The molecule has 0 aromatic heterocycles. The SMILES string of the molecule is Cc1cc(S(=O)(=O)Nc2ccc(O)c(S(N)(=O)=O)c2)ccc1F. The van der Waals surface area contributed by atoms with E-state index in [1.807, 2.05) is 0 Å². The highest BCUT2D eigenvalue weighted by molar-refractivity contribution is 7.92. The minimum Gasteiger partial charge on any atom is -0.507 e. The number of benzene rings is 2. The number of halogens is 1. The van der Waals surface area contributed by atoms with Crippen LogP contribution < -0.4 is 9.86 Å². The van der Waals surface area contributed by atoms with Gasteiger partial charge in [0.25, 0.3) is 10.0 Å². The van der Waals surface area contributed by atoms with Crippen LogP contribution in [0.1, 0.15) is 5.56 Å². The van der Waals surface area contributed by atoms with Gasteiger partial charge < -0.3 is 5.11 Å². The van der Waals surface area contributed by atoms with Crippen molar-refractivity contribution in [3.05, 3.63) is 47.8 Å². The Kier molecular flexibility index (Phi) is 4.33. The van der Waals surface area contributed by atoms with E-state index in [1.54, 1.807) is 0 Å². The molecule has 0 bridgehead atoms. The Morgan fingerprint density at radius 2 is 1.74 bits per heavy atom. The molecule has 2 aromatic carbocycles. The monoisotopic (exact) mass is 360 g/mol. The molecule has 23 heavy (non-hydrogen) atoms. The molecule has 0 saturated heterocycles. The van der Waals surface area contributed by atoms with Gasteiger partial charge in [0.15, 0.2) is 0 Å². The van der Waals surface area contributed by atoms with Crippen LogP contribution in [-0.4, -0.2) is 21.9 Å². The predicted octanol–water partition coefficient (Wildman–Crippen LogP) is 1.29. The van der Waals surface area contributed by atoms with Gasteiger partial charge in [-0.2, -0.15) is 0 Å². The first kappa shape index (κ1) is 17.2. The predicted molar refractivity (Wildman–Crippen MR) is 81.4 cm³/mol. The number of phenols is 1. The summed E-state index contributed by atoms with van der Waals surface area (Å²) in [6.07, 6.45) is 0. The third-order valence-corrected chi connectivity index (χ3v) is 5.28. The van der Waals surface area contributed by atoms with Crippen molar-refractivity contribution in [3.8, 4) is 5.75 Å². The number of nitrogens with two attached hydrogens (primary N) is 1. The number of nitrogens with one attached hydrogen (secondary N) is 1. The van der Waals surface area contributed by atoms with Gasteiger partial charge in [-0.25, -0.2) is 26.4 Å². The van der Waals surface area contributed by atoms with Crippen LogP contribution >= 0.6 is 0 Å². The standard InChI is InChI=1S/C13H13FN2O5S2/c1-8-6-10(3-4-11(8)14)23(20,21)16-9-2-5-12(17)13(7-9)22(15,18)19/h2-7,16-17H,1H3,(H2,15,18,19). The fraction of sp³-hybridized carbons (Fsp3) is 0.0769. The van der Waals surface area contributed by atoms with Crippen molar-refractivity contribution in [2.45, 2.75) is 16.7 Å². The van der Waals surface area contributed by atoms with Gasteiger partial charge in [-0.1, -0.05) is 0 Å². The minimum absolute atomic E-state index is 0.117. The number of hydrogen-bond donors (Lipinski definition) is 3. The number of anilines is 1. The molecular weight excluding hydrogens is 347 g/mol. The van der Waals surface area contributed by atoms with Gasteiger partial charge in [-0.15, -0.1) is 0 Å². The van der Waals surface area contributed by atoms with Crippen molar-refractivity contribution in [1.29, 1.82) is 0 Å². The van der Waals surface area contributed by atoms with Gasteiger partial charge in [0.1, 0.15) is 16.5 Å². The van der Waals surface area contributed by atoms with Crippen molar-refractivity contribution in [3.63, 3.8) is 0 Å². The summed E-state index contributed by atoms with van der Waals surface area (Å²) < 4.78 is 62.5. The first-order valence-electron chi connectivity index (χ1n) is 6.15. The first-order chi connectivity index (χ1) is 10.5. The fourth-order valence-electron chi connectivity index (χ4n) is 1.80. The van der Waals surface area contributed by atoms with Gasteiger partial charge in [0, 0.05) is 0 Å². The summed E-state index contributed by atoms with van der Waals surface area (Å²) in [6.45, 7) is 1.41. The maximum Gasteiger partial charge on any atom is 0.261 e. The lowest BCUT2D eigenvalue weighted by molar-refractivity contribution is 0.459. The number of aryl methyl sites for hydroxylation is 1. The summed E-state index contributed by atoms with van der Waals surface area (Å²) in [7, 11) is -8.28. The number of aromatic hydroxyl groups is 1. The summed E-state index contributed by atoms with van der Waals surface area (Å²) in [5.74, 6) is -1.15. The van der Waals surface area contributed by atoms with Gasteiger partial charge in [0.05, 0.1) is 10.6 Å². The summed E-state index contributed by atoms with van der Waals surface area (Å²) in [5, 5.41) is 14.4. The molecular formula is C13H13FN2O5S2. The Balaban J connectivity index is 2.43. The molecule has 0 fully saturated rings. The third-order valence-electron chi connectivity index (χ3n) is 2.96. The lowest BCUT2D eigenvalue weighted by Gasteiger charge is -2.10. The molecule has 124 valence electrons. The van der Waals surface area contributed by atoms with Gasteiger partial charge in [-0.05, 0) is 48.9 Å². The number of hydrogen-bond acceptors (Lipinski definition) is 5. The number of primary sulfonamides is 1. The molecule has 0 atom stereocenters. The van der Waals surface area contributed by atoms with Crippen LogP contribution in [0.15, 0.2) is 46.2 Å². The van der Waals surface area contributed by atoms with E-state index in [9.17, 15) is 26.3 Å². The second-order valence-corrected chi connectivity index (χ2v) is 7.96. The fourth-order valence-corrected chi connectivity index (χ4v) is 3.59. The lowest BCUT2D eigenvalue weighted by Crippen LogP contribution is -2.15. The Morgan fingerprint density at radius 3 is 2.30 bits per heavy atom. The molecule has 0 amide bonds. The minimum atomic E-state index is -4.22. The van der Waals surface area contributed by atoms with E-state index in [4.69, 9.17) is 5.14 Å².